The highest BCUT2D eigenvalue weighted by atomic mass is 16.3. The van der Waals surface area contributed by atoms with Crippen LogP contribution in [0.5, 0.6) is 0 Å². The number of aliphatic hydroxyl groups is 1. The maximum atomic E-state index is 9.62. The lowest BCUT2D eigenvalue weighted by molar-refractivity contribution is 0.130. The quantitative estimate of drug-likeness (QED) is 0.697. The molecule has 2 unspecified atom stereocenters. The number of hydrogen-bond acceptors (Lipinski definition) is 2. The van der Waals surface area contributed by atoms with Gasteiger partial charge in [0.1, 0.15) is 0 Å². The van der Waals surface area contributed by atoms with Gasteiger partial charge in [0.25, 0.3) is 0 Å². The number of hydrogen-bond donors (Lipinski definition) is 2. The van der Waals surface area contributed by atoms with E-state index >= 15 is 0 Å². The first-order valence-electron chi connectivity index (χ1n) is 5.78. The Kier molecular flexibility index (Phi) is 3.23. The van der Waals surface area contributed by atoms with Gasteiger partial charge < -0.3 is 10.4 Å². The molecule has 0 aromatic carbocycles. The van der Waals surface area contributed by atoms with E-state index in [1.54, 1.807) is 0 Å². The second-order valence-electron chi connectivity index (χ2n) is 4.65. The number of aliphatic hydroxyl groups excluding tert-OH is 1. The molecule has 0 aliphatic heterocycles. The first kappa shape index (κ1) is 9.47. The average Bonchev–Trinajstić information content (AvgIpc) is 2.72. The van der Waals surface area contributed by atoms with E-state index in [4.69, 9.17) is 0 Å². The van der Waals surface area contributed by atoms with E-state index in [1.165, 1.54) is 38.5 Å². The van der Waals surface area contributed by atoms with Crippen molar-refractivity contribution < 1.29 is 5.11 Å². The molecule has 0 saturated heterocycles. The molecule has 0 heterocycles. The molecule has 2 N–H and O–H groups in total. The molecule has 76 valence electrons. The molecular weight excluding hydrogens is 162 g/mol. The molecule has 0 amide bonds. The van der Waals surface area contributed by atoms with Gasteiger partial charge >= 0.3 is 0 Å². The van der Waals surface area contributed by atoms with Crippen LogP contribution >= 0.6 is 0 Å². The maximum absolute atomic E-state index is 9.62. The second-order valence-corrected chi connectivity index (χ2v) is 4.65. The van der Waals surface area contributed by atoms with Crippen LogP contribution in [-0.4, -0.2) is 23.8 Å². The fourth-order valence-electron chi connectivity index (χ4n) is 2.70. The third kappa shape index (κ3) is 2.44. The van der Waals surface area contributed by atoms with Crippen molar-refractivity contribution in [3.63, 3.8) is 0 Å². The minimum atomic E-state index is -0.0195. The highest BCUT2D eigenvalue weighted by Gasteiger charge is 2.25. The van der Waals surface area contributed by atoms with E-state index in [9.17, 15) is 5.11 Å². The van der Waals surface area contributed by atoms with Crippen LogP contribution in [-0.2, 0) is 0 Å². The molecule has 0 spiro atoms. The minimum absolute atomic E-state index is 0.0195. The third-order valence-electron chi connectivity index (χ3n) is 3.64. The largest absolute Gasteiger partial charge is 0.393 e. The smallest absolute Gasteiger partial charge is 0.0580 e. The fraction of sp³-hybridized carbons (Fsp3) is 1.00. The lowest BCUT2D eigenvalue weighted by Gasteiger charge is -2.18. The van der Waals surface area contributed by atoms with Crippen LogP contribution in [0.15, 0.2) is 0 Å². The molecule has 2 fully saturated rings. The molecule has 2 atom stereocenters. The van der Waals surface area contributed by atoms with Crippen LogP contribution in [0.2, 0.25) is 0 Å². The zero-order chi connectivity index (χ0) is 9.10. The van der Waals surface area contributed by atoms with Crippen molar-refractivity contribution in [3.05, 3.63) is 0 Å². The van der Waals surface area contributed by atoms with E-state index in [2.05, 4.69) is 5.32 Å². The summed E-state index contributed by atoms with van der Waals surface area (Å²) in [5, 5.41) is 13.2. The van der Waals surface area contributed by atoms with Crippen molar-refractivity contribution in [2.45, 2.75) is 57.1 Å². The van der Waals surface area contributed by atoms with Gasteiger partial charge in [0.15, 0.2) is 0 Å². The second kappa shape index (κ2) is 4.43. The standard InChI is InChI=1S/C11H21NO/c13-11-7-3-4-9(11)8-12-10-5-1-2-6-10/h9-13H,1-8H2. The lowest BCUT2D eigenvalue weighted by Crippen LogP contribution is -2.33. The number of rotatable bonds is 3. The van der Waals surface area contributed by atoms with Gasteiger partial charge in [-0.2, -0.15) is 0 Å². The zero-order valence-corrected chi connectivity index (χ0v) is 8.34. The molecule has 0 radical (unpaired) electrons. The molecule has 2 aliphatic rings. The van der Waals surface area contributed by atoms with Gasteiger partial charge in [0.2, 0.25) is 0 Å². The number of nitrogens with one attached hydrogen (secondary N) is 1. The zero-order valence-electron chi connectivity index (χ0n) is 8.34. The molecule has 2 rings (SSSR count). The van der Waals surface area contributed by atoms with Crippen LogP contribution in [0.25, 0.3) is 0 Å². The van der Waals surface area contributed by atoms with E-state index in [1.807, 2.05) is 0 Å². The van der Waals surface area contributed by atoms with Crippen LogP contribution in [0.1, 0.15) is 44.9 Å². The van der Waals surface area contributed by atoms with Crippen molar-refractivity contribution in [2.24, 2.45) is 5.92 Å². The summed E-state index contributed by atoms with van der Waals surface area (Å²) >= 11 is 0. The molecule has 2 heteroatoms. The summed E-state index contributed by atoms with van der Waals surface area (Å²) in [4.78, 5) is 0. The summed E-state index contributed by atoms with van der Waals surface area (Å²) in [7, 11) is 0. The maximum Gasteiger partial charge on any atom is 0.0580 e. The normalized spacial score (nSPS) is 35.8. The Labute approximate surface area is 80.7 Å². The Morgan fingerprint density at radius 2 is 1.77 bits per heavy atom. The van der Waals surface area contributed by atoms with Crippen molar-refractivity contribution >= 4 is 0 Å². The monoisotopic (exact) mass is 183 g/mol. The van der Waals surface area contributed by atoms with Gasteiger partial charge in [-0.3, -0.25) is 0 Å². The first-order chi connectivity index (χ1) is 6.36. The summed E-state index contributed by atoms with van der Waals surface area (Å²) < 4.78 is 0. The first-order valence-corrected chi connectivity index (χ1v) is 5.78. The SMILES string of the molecule is OC1CCCC1CNC1CCCC1. The Balaban J connectivity index is 1.66. The summed E-state index contributed by atoms with van der Waals surface area (Å²) in [6.45, 7) is 1.05. The fourth-order valence-corrected chi connectivity index (χ4v) is 2.70. The molecule has 13 heavy (non-hydrogen) atoms. The molecule has 0 aromatic rings. The molecule has 2 nitrogen and oxygen atoms in total. The van der Waals surface area contributed by atoms with E-state index in [0.29, 0.717) is 5.92 Å². The van der Waals surface area contributed by atoms with Crippen LogP contribution in [0.3, 0.4) is 0 Å². The average molecular weight is 183 g/mol. The third-order valence-corrected chi connectivity index (χ3v) is 3.64. The highest BCUT2D eigenvalue weighted by Crippen LogP contribution is 2.25. The van der Waals surface area contributed by atoms with E-state index in [-0.39, 0.29) is 6.10 Å². The van der Waals surface area contributed by atoms with Gasteiger partial charge in [0, 0.05) is 12.6 Å². The summed E-state index contributed by atoms with van der Waals surface area (Å²) in [6.07, 6.45) is 8.94. The molecule has 2 aliphatic carbocycles. The van der Waals surface area contributed by atoms with Gasteiger partial charge in [-0.25, -0.2) is 0 Å². The molecule has 2 saturated carbocycles. The van der Waals surface area contributed by atoms with Crippen molar-refractivity contribution in [3.8, 4) is 0 Å². The minimum Gasteiger partial charge on any atom is -0.393 e. The van der Waals surface area contributed by atoms with E-state index in [0.717, 1.165) is 19.0 Å². The Hall–Kier alpha value is -0.0800. The Morgan fingerprint density at radius 1 is 1.00 bits per heavy atom. The van der Waals surface area contributed by atoms with Crippen molar-refractivity contribution in [1.29, 1.82) is 0 Å². The van der Waals surface area contributed by atoms with Gasteiger partial charge in [-0.15, -0.1) is 0 Å². The van der Waals surface area contributed by atoms with Crippen molar-refractivity contribution in [1.82, 2.24) is 5.32 Å². The highest BCUT2D eigenvalue weighted by molar-refractivity contribution is 4.81. The van der Waals surface area contributed by atoms with Crippen LogP contribution in [0, 0.1) is 5.92 Å². The Bertz CT molecular complexity index is 154. The predicted molar refractivity (Wildman–Crippen MR) is 53.6 cm³/mol. The van der Waals surface area contributed by atoms with Gasteiger partial charge in [0.05, 0.1) is 6.10 Å². The van der Waals surface area contributed by atoms with Gasteiger partial charge in [-0.05, 0) is 31.6 Å². The van der Waals surface area contributed by atoms with E-state index < -0.39 is 0 Å². The lowest BCUT2D eigenvalue weighted by atomic mass is 10.1. The van der Waals surface area contributed by atoms with Crippen LogP contribution < -0.4 is 5.32 Å². The topological polar surface area (TPSA) is 32.3 Å². The summed E-state index contributed by atoms with van der Waals surface area (Å²) in [5.74, 6) is 0.542. The summed E-state index contributed by atoms with van der Waals surface area (Å²) in [6, 6.07) is 0.757. The molecule has 0 aromatic heterocycles. The van der Waals surface area contributed by atoms with Crippen molar-refractivity contribution in [2.75, 3.05) is 6.54 Å². The molecule has 0 bridgehead atoms. The predicted octanol–water partition coefficient (Wildman–Crippen LogP) is 1.68. The van der Waals surface area contributed by atoms with Crippen LogP contribution in [0.4, 0.5) is 0 Å². The summed E-state index contributed by atoms with van der Waals surface area (Å²) in [5.41, 5.74) is 0. The van der Waals surface area contributed by atoms with Gasteiger partial charge in [-0.1, -0.05) is 19.3 Å². The Morgan fingerprint density at radius 3 is 2.38 bits per heavy atom. The molecular formula is C11H21NO.